The van der Waals surface area contributed by atoms with E-state index in [4.69, 9.17) is 0 Å². The van der Waals surface area contributed by atoms with Gasteiger partial charge in [-0.3, -0.25) is 4.79 Å². The molecular weight excluding hydrogens is 318 g/mol. The van der Waals surface area contributed by atoms with Crippen LogP contribution in [0.2, 0.25) is 0 Å². The maximum Gasteiger partial charge on any atom is 0.299 e. The number of carbonyl (C=O) groups excluding carboxylic acids is 1. The minimum absolute atomic E-state index is 0.0205. The lowest BCUT2D eigenvalue weighted by molar-refractivity contribution is 0.261. The van der Waals surface area contributed by atoms with Crippen molar-refractivity contribution < 1.29 is 4.79 Å². The molecule has 110 valence electrons. The lowest BCUT2D eigenvalue weighted by Crippen LogP contribution is -2.29. The van der Waals surface area contributed by atoms with Gasteiger partial charge in [-0.2, -0.15) is 5.10 Å². The van der Waals surface area contributed by atoms with Crippen molar-refractivity contribution in [1.29, 1.82) is 0 Å². The van der Waals surface area contributed by atoms with Crippen molar-refractivity contribution in [2.45, 2.75) is 12.2 Å². The van der Waals surface area contributed by atoms with Gasteiger partial charge in [-0.25, -0.2) is 15.4 Å². The van der Waals surface area contributed by atoms with Crippen molar-refractivity contribution in [2.24, 2.45) is 5.10 Å². The van der Waals surface area contributed by atoms with E-state index < -0.39 is 0 Å². The van der Waals surface area contributed by atoms with E-state index in [1.54, 1.807) is 5.51 Å². The maximum absolute atomic E-state index is 11.3. The van der Waals surface area contributed by atoms with Gasteiger partial charge in [0.1, 0.15) is 5.69 Å². The molecule has 0 spiro atoms. The first kappa shape index (κ1) is 13.5. The third kappa shape index (κ3) is 2.30. The van der Waals surface area contributed by atoms with Crippen LogP contribution in [0, 0.1) is 0 Å². The number of hydrogen-bond donors (Lipinski definition) is 2. The molecule has 1 amide bonds. The fraction of sp³-hybridized carbons (Fsp3) is 0.143. The van der Waals surface area contributed by atoms with E-state index in [9.17, 15) is 4.79 Å². The van der Waals surface area contributed by atoms with Crippen LogP contribution in [0.3, 0.4) is 0 Å². The summed E-state index contributed by atoms with van der Waals surface area (Å²) in [7, 11) is 0. The van der Waals surface area contributed by atoms with Crippen molar-refractivity contribution in [3.8, 4) is 11.5 Å². The summed E-state index contributed by atoms with van der Waals surface area (Å²) in [6.45, 7) is 1.97. The predicted octanol–water partition coefficient (Wildman–Crippen LogP) is 3.24. The standard InChI is InChI=1S/C14H11N5OS2/c1-7-12(18-19-14(20)22-7)8-2-3-9-10(4-8)17-13(16-9)11-5-21-6-15-11/h2-7H,1H3,(H,16,17)(H,19,20). The van der Waals surface area contributed by atoms with Crippen molar-refractivity contribution in [1.82, 2.24) is 20.4 Å². The Hall–Kier alpha value is -2.19. The first-order chi connectivity index (χ1) is 10.7. The number of thioether (sulfide) groups is 1. The molecule has 1 aliphatic heterocycles. The summed E-state index contributed by atoms with van der Waals surface area (Å²) in [4.78, 5) is 23.4. The zero-order chi connectivity index (χ0) is 15.1. The van der Waals surface area contributed by atoms with Crippen LogP contribution in [0.4, 0.5) is 4.79 Å². The maximum atomic E-state index is 11.3. The molecule has 0 radical (unpaired) electrons. The monoisotopic (exact) mass is 329 g/mol. The van der Waals surface area contributed by atoms with Gasteiger partial charge >= 0.3 is 0 Å². The number of H-pyrrole nitrogens is 1. The number of amides is 1. The number of aromatic amines is 1. The fourth-order valence-electron chi connectivity index (χ4n) is 2.36. The molecule has 1 aliphatic rings. The highest BCUT2D eigenvalue weighted by Gasteiger charge is 2.22. The van der Waals surface area contributed by atoms with Crippen LogP contribution in [0.5, 0.6) is 0 Å². The smallest absolute Gasteiger partial charge is 0.299 e. The van der Waals surface area contributed by atoms with Crippen molar-refractivity contribution >= 4 is 45.1 Å². The molecule has 0 bridgehead atoms. The lowest BCUT2D eigenvalue weighted by atomic mass is 10.1. The van der Waals surface area contributed by atoms with Gasteiger partial charge in [0.25, 0.3) is 5.24 Å². The van der Waals surface area contributed by atoms with Gasteiger partial charge in [0.15, 0.2) is 5.82 Å². The first-order valence-electron chi connectivity index (χ1n) is 6.63. The van der Waals surface area contributed by atoms with Gasteiger partial charge in [0.05, 0.1) is 27.5 Å². The third-order valence-corrected chi connectivity index (χ3v) is 4.86. The number of fused-ring (bicyclic) bond motifs is 1. The van der Waals surface area contributed by atoms with Gasteiger partial charge in [0, 0.05) is 10.9 Å². The van der Waals surface area contributed by atoms with E-state index in [0.29, 0.717) is 0 Å². The minimum atomic E-state index is -0.121. The molecule has 0 aliphatic carbocycles. The Morgan fingerprint density at radius 1 is 1.32 bits per heavy atom. The van der Waals surface area contributed by atoms with Crippen LogP contribution in [-0.2, 0) is 0 Å². The molecule has 0 saturated carbocycles. The lowest BCUT2D eigenvalue weighted by Gasteiger charge is -2.18. The van der Waals surface area contributed by atoms with Crippen LogP contribution < -0.4 is 5.43 Å². The number of carbonyl (C=O) groups is 1. The Bertz CT molecular complexity index is 884. The van der Waals surface area contributed by atoms with Crippen molar-refractivity contribution in [3.63, 3.8) is 0 Å². The van der Waals surface area contributed by atoms with Crippen LogP contribution in [0.25, 0.3) is 22.6 Å². The second-order valence-electron chi connectivity index (χ2n) is 4.85. The molecule has 1 atom stereocenters. The zero-order valence-corrected chi connectivity index (χ0v) is 13.2. The van der Waals surface area contributed by atoms with Crippen LogP contribution in [0.15, 0.2) is 34.2 Å². The second kappa shape index (κ2) is 5.22. The molecule has 2 N–H and O–H groups in total. The summed E-state index contributed by atoms with van der Waals surface area (Å²) < 4.78 is 0. The predicted molar refractivity (Wildman–Crippen MR) is 89.3 cm³/mol. The quantitative estimate of drug-likeness (QED) is 0.756. The number of rotatable bonds is 2. The average molecular weight is 329 g/mol. The number of nitrogens with one attached hydrogen (secondary N) is 2. The summed E-state index contributed by atoms with van der Waals surface area (Å²) in [6, 6.07) is 5.93. The topological polar surface area (TPSA) is 83.0 Å². The highest BCUT2D eigenvalue weighted by molar-refractivity contribution is 8.14. The molecule has 3 aromatic rings. The van der Waals surface area contributed by atoms with E-state index in [1.807, 2.05) is 30.5 Å². The van der Waals surface area contributed by atoms with Gasteiger partial charge < -0.3 is 4.98 Å². The second-order valence-corrected chi connectivity index (χ2v) is 6.88. The molecule has 0 saturated heterocycles. The molecule has 1 unspecified atom stereocenters. The summed E-state index contributed by atoms with van der Waals surface area (Å²) in [5, 5.41) is 6.03. The summed E-state index contributed by atoms with van der Waals surface area (Å²) in [5.41, 5.74) is 8.78. The summed E-state index contributed by atoms with van der Waals surface area (Å²) in [5.74, 6) is 0.759. The van der Waals surface area contributed by atoms with E-state index in [-0.39, 0.29) is 10.5 Å². The molecule has 4 rings (SSSR count). The SMILES string of the molecule is CC1SC(=O)NN=C1c1ccc2nc(-c3cscn3)[nH]c2c1. The Kier molecular flexibility index (Phi) is 3.20. The van der Waals surface area contributed by atoms with E-state index in [2.05, 4.69) is 25.5 Å². The van der Waals surface area contributed by atoms with Gasteiger partial charge in [-0.1, -0.05) is 17.8 Å². The minimum Gasteiger partial charge on any atom is -0.337 e. The molecule has 6 nitrogen and oxygen atoms in total. The average Bonchev–Trinajstić information content (AvgIpc) is 3.15. The largest absolute Gasteiger partial charge is 0.337 e. The number of thiazole rings is 1. The third-order valence-electron chi connectivity index (χ3n) is 3.39. The number of imidazole rings is 1. The van der Waals surface area contributed by atoms with Crippen LogP contribution in [0.1, 0.15) is 12.5 Å². The Morgan fingerprint density at radius 2 is 2.23 bits per heavy atom. The number of aromatic nitrogens is 3. The van der Waals surface area contributed by atoms with Crippen LogP contribution >= 0.6 is 23.1 Å². The normalized spacial score (nSPS) is 18.3. The van der Waals surface area contributed by atoms with Crippen molar-refractivity contribution in [3.05, 3.63) is 34.7 Å². The molecule has 2 aromatic heterocycles. The molecule has 22 heavy (non-hydrogen) atoms. The van der Waals surface area contributed by atoms with Gasteiger partial charge in [0.2, 0.25) is 0 Å². The molecule has 0 fully saturated rings. The Labute approximate surface area is 134 Å². The molecule has 8 heteroatoms. The van der Waals surface area contributed by atoms with E-state index >= 15 is 0 Å². The number of nitrogens with zero attached hydrogens (tertiary/aromatic N) is 3. The molecule has 1 aromatic carbocycles. The summed E-state index contributed by atoms with van der Waals surface area (Å²) in [6.07, 6.45) is 0. The van der Waals surface area contributed by atoms with Gasteiger partial charge in [-0.15, -0.1) is 11.3 Å². The number of hydrogen-bond acceptors (Lipinski definition) is 6. The van der Waals surface area contributed by atoms with Gasteiger partial charge in [-0.05, 0) is 19.1 Å². The van der Waals surface area contributed by atoms with Crippen LogP contribution in [-0.4, -0.2) is 31.2 Å². The zero-order valence-electron chi connectivity index (χ0n) is 11.5. The highest BCUT2D eigenvalue weighted by atomic mass is 32.2. The molecule has 3 heterocycles. The fourth-order valence-corrected chi connectivity index (χ4v) is 3.62. The summed E-state index contributed by atoms with van der Waals surface area (Å²) >= 11 is 2.78. The van der Waals surface area contributed by atoms with Crippen molar-refractivity contribution in [2.75, 3.05) is 0 Å². The Morgan fingerprint density at radius 3 is 3.00 bits per heavy atom. The Balaban J connectivity index is 1.76. The number of hydrazone groups is 1. The van der Waals surface area contributed by atoms with E-state index in [1.165, 1.54) is 23.1 Å². The highest BCUT2D eigenvalue weighted by Crippen LogP contribution is 2.25. The first-order valence-corrected chi connectivity index (χ1v) is 8.46. The molecular formula is C14H11N5OS2. The van der Waals surface area contributed by atoms with E-state index in [0.717, 1.165) is 33.8 Å². The number of benzene rings is 1.